The third-order valence-electron chi connectivity index (χ3n) is 5.03. The SMILES string of the molecule is O=C(CC1CC2CCC(C1)N2)Nc1ccccc1-c1cccs1. The van der Waals surface area contributed by atoms with E-state index in [4.69, 9.17) is 0 Å². The van der Waals surface area contributed by atoms with Crippen LogP contribution < -0.4 is 10.6 Å². The number of para-hydroxylation sites is 1. The number of hydrogen-bond acceptors (Lipinski definition) is 3. The van der Waals surface area contributed by atoms with Crippen LogP contribution in [0.15, 0.2) is 41.8 Å². The van der Waals surface area contributed by atoms with E-state index in [1.807, 2.05) is 24.3 Å². The van der Waals surface area contributed by atoms with Gasteiger partial charge in [0.25, 0.3) is 0 Å². The highest BCUT2D eigenvalue weighted by Gasteiger charge is 2.34. The smallest absolute Gasteiger partial charge is 0.224 e. The highest BCUT2D eigenvalue weighted by atomic mass is 32.1. The first-order valence-corrected chi connectivity index (χ1v) is 9.34. The normalized spacial score (nSPS) is 26.2. The third kappa shape index (κ3) is 3.33. The minimum atomic E-state index is 0.153. The van der Waals surface area contributed by atoms with Crippen molar-refractivity contribution in [1.29, 1.82) is 0 Å². The largest absolute Gasteiger partial charge is 0.325 e. The van der Waals surface area contributed by atoms with E-state index in [0.29, 0.717) is 24.4 Å². The van der Waals surface area contributed by atoms with Gasteiger partial charge in [-0.1, -0.05) is 24.3 Å². The van der Waals surface area contributed by atoms with E-state index in [2.05, 4.69) is 28.1 Å². The average Bonchev–Trinajstić information content (AvgIpc) is 3.18. The van der Waals surface area contributed by atoms with Crippen LogP contribution in [0.1, 0.15) is 32.1 Å². The van der Waals surface area contributed by atoms with E-state index in [0.717, 1.165) is 24.1 Å². The van der Waals surface area contributed by atoms with Gasteiger partial charge < -0.3 is 10.6 Å². The van der Waals surface area contributed by atoms with Crippen LogP contribution in [-0.4, -0.2) is 18.0 Å². The monoisotopic (exact) mass is 326 g/mol. The molecule has 1 aromatic heterocycles. The molecule has 2 aliphatic rings. The fourth-order valence-electron chi connectivity index (χ4n) is 4.04. The molecule has 2 atom stereocenters. The molecule has 4 heteroatoms. The highest BCUT2D eigenvalue weighted by molar-refractivity contribution is 7.13. The van der Waals surface area contributed by atoms with Crippen LogP contribution in [0.3, 0.4) is 0 Å². The van der Waals surface area contributed by atoms with Gasteiger partial charge in [-0.05, 0) is 49.1 Å². The molecule has 2 N–H and O–H groups in total. The van der Waals surface area contributed by atoms with Crippen molar-refractivity contribution in [1.82, 2.24) is 5.32 Å². The first-order valence-electron chi connectivity index (χ1n) is 8.47. The molecule has 2 unspecified atom stereocenters. The number of anilines is 1. The number of nitrogens with one attached hydrogen (secondary N) is 2. The number of hydrogen-bond donors (Lipinski definition) is 2. The molecule has 1 amide bonds. The Morgan fingerprint density at radius 1 is 1.13 bits per heavy atom. The summed E-state index contributed by atoms with van der Waals surface area (Å²) in [4.78, 5) is 13.7. The lowest BCUT2D eigenvalue weighted by atomic mass is 9.89. The van der Waals surface area contributed by atoms with Crippen molar-refractivity contribution < 1.29 is 4.79 Å². The molecule has 2 fully saturated rings. The van der Waals surface area contributed by atoms with Crippen molar-refractivity contribution in [3.05, 3.63) is 41.8 Å². The number of amides is 1. The summed E-state index contributed by atoms with van der Waals surface area (Å²) in [6, 6.07) is 13.5. The quantitative estimate of drug-likeness (QED) is 0.881. The van der Waals surface area contributed by atoms with E-state index in [1.54, 1.807) is 11.3 Å². The second-order valence-corrected chi connectivity index (χ2v) is 7.70. The van der Waals surface area contributed by atoms with Gasteiger partial charge >= 0.3 is 0 Å². The van der Waals surface area contributed by atoms with Crippen molar-refractivity contribution in [2.75, 3.05) is 5.32 Å². The minimum absolute atomic E-state index is 0.153. The molecule has 2 aliphatic heterocycles. The Morgan fingerprint density at radius 3 is 2.65 bits per heavy atom. The maximum atomic E-state index is 12.5. The fourth-order valence-corrected chi connectivity index (χ4v) is 4.81. The standard InChI is InChI=1S/C19H22N2OS/c22-19(12-13-10-14-7-8-15(11-13)20-14)21-17-5-2-1-4-16(17)18-6-3-9-23-18/h1-6,9,13-15,20H,7-8,10-12H2,(H,21,22). The number of rotatable bonds is 4. The molecule has 0 radical (unpaired) electrons. The molecule has 120 valence electrons. The van der Waals surface area contributed by atoms with Gasteiger partial charge in [-0.2, -0.15) is 0 Å². The van der Waals surface area contributed by atoms with E-state index in [1.165, 1.54) is 17.7 Å². The summed E-state index contributed by atoms with van der Waals surface area (Å²) in [5, 5.41) is 8.85. The van der Waals surface area contributed by atoms with Crippen LogP contribution in [0.25, 0.3) is 10.4 Å². The first-order chi connectivity index (χ1) is 11.3. The molecule has 3 heterocycles. The molecular weight excluding hydrogens is 304 g/mol. The van der Waals surface area contributed by atoms with Crippen LogP contribution in [0.5, 0.6) is 0 Å². The Labute approximate surface area is 141 Å². The Bertz CT molecular complexity index is 670. The van der Waals surface area contributed by atoms with Gasteiger partial charge in [0.15, 0.2) is 0 Å². The van der Waals surface area contributed by atoms with E-state index < -0.39 is 0 Å². The maximum absolute atomic E-state index is 12.5. The van der Waals surface area contributed by atoms with Crippen molar-refractivity contribution in [2.45, 2.75) is 44.2 Å². The first kappa shape index (κ1) is 14.9. The maximum Gasteiger partial charge on any atom is 0.224 e. The lowest BCUT2D eigenvalue weighted by molar-refractivity contribution is -0.117. The highest BCUT2D eigenvalue weighted by Crippen LogP contribution is 2.34. The van der Waals surface area contributed by atoms with Crippen LogP contribution in [0, 0.1) is 5.92 Å². The summed E-state index contributed by atoms with van der Waals surface area (Å²) in [7, 11) is 0. The summed E-state index contributed by atoms with van der Waals surface area (Å²) in [6.07, 6.45) is 5.51. The number of carbonyl (C=O) groups excluding carboxylic acids is 1. The summed E-state index contributed by atoms with van der Waals surface area (Å²) in [5.41, 5.74) is 2.04. The molecule has 2 bridgehead atoms. The summed E-state index contributed by atoms with van der Waals surface area (Å²) in [6.45, 7) is 0. The average molecular weight is 326 g/mol. The molecule has 0 aliphatic carbocycles. The number of benzene rings is 1. The second kappa shape index (κ2) is 6.46. The van der Waals surface area contributed by atoms with Crippen LogP contribution >= 0.6 is 11.3 Å². The van der Waals surface area contributed by atoms with E-state index in [-0.39, 0.29) is 5.91 Å². The van der Waals surface area contributed by atoms with Crippen LogP contribution in [-0.2, 0) is 4.79 Å². The van der Waals surface area contributed by atoms with Gasteiger partial charge in [0.05, 0.1) is 0 Å². The zero-order valence-electron chi connectivity index (χ0n) is 13.1. The Kier molecular flexibility index (Phi) is 4.19. The van der Waals surface area contributed by atoms with E-state index in [9.17, 15) is 4.79 Å². The Hall–Kier alpha value is -1.65. The molecular formula is C19H22N2OS. The van der Waals surface area contributed by atoms with Gasteiger partial charge in [0.2, 0.25) is 5.91 Å². The van der Waals surface area contributed by atoms with Gasteiger partial charge in [0.1, 0.15) is 0 Å². The molecule has 1 aromatic carbocycles. The zero-order chi connectivity index (χ0) is 15.6. The number of carbonyl (C=O) groups is 1. The molecule has 23 heavy (non-hydrogen) atoms. The molecule has 3 nitrogen and oxygen atoms in total. The van der Waals surface area contributed by atoms with Crippen molar-refractivity contribution >= 4 is 22.9 Å². The van der Waals surface area contributed by atoms with Gasteiger partial charge in [0, 0.05) is 34.6 Å². The Morgan fingerprint density at radius 2 is 1.91 bits per heavy atom. The number of thiophene rings is 1. The van der Waals surface area contributed by atoms with E-state index >= 15 is 0 Å². The summed E-state index contributed by atoms with van der Waals surface area (Å²) < 4.78 is 0. The lowest BCUT2D eigenvalue weighted by Gasteiger charge is -2.28. The third-order valence-corrected chi connectivity index (χ3v) is 5.94. The van der Waals surface area contributed by atoms with Crippen molar-refractivity contribution in [3.8, 4) is 10.4 Å². The van der Waals surface area contributed by atoms with Gasteiger partial charge in [-0.25, -0.2) is 0 Å². The molecule has 2 saturated heterocycles. The van der Waals surface area contributed by atoms with Crippen LogP contribution in [0.4, 0.5) is 5.69 Å². The zero-order valence-corrected chi connectivity index (χ0v) is 13.9. The molecule has 2 aromatic rings. The Balaban J connectivity index is 1.43. The van der Waals surface area contributed by atoms with Gasteiger partial charge in [-0.3, -0.25) is 4.79 Å². The molecule has 4 rings (SSSR count). The minimum Gasteiger partial charge on any atom is -0.325 e. The van der Waals surface area contributed by atoms with Crippen molar-refractivity contribution in [3.63, 3.8) is 0 Å². The van der Waals surface area contributed by atoms with Crippen LogP contribution in [0.2, 0.25) is 0 Å². The van der Waals surface area contributed by atoms with Crippen molar-refractivity contribution in [2.24, 2.45) is 5.92 Å². The summed E-state index contributed by atoms with van der Waals surface area (Å²) in [5.74, 6) is 0.683. The molecule has 0 spiro atoms. The number of fused-ring (bicyclic) bond motifs is 2. The fraction of sp³-hybridized carbons (Fsp3) is 0.421. The topological polar surface area (TPSA) is 41.1 Å². The lowest BCUT2D eigenvalue weighted by Crippen LogP contribution is -2.39. The summed E-state index contributed by atoms with van der Waals surface area (Å²) >= 11 is 1.70. The predicted molar refractivity (Wildman–Crippen MR) is 95.7 cm³/mol. The second-order valence-electron chi connectivity index (χ2n) is 6.75. The molecule has 0 saturated carbocycles. The van der Waals surface area contributed by atoms with Gasteiger partial charge in [-0.15, -0.1) is 11.3 Å². The number of piperidine rings is 1. The predicted octanol–water partition coefficient (Wildman–Crippen LogP) is 4.27.